The average molecular weight is 308 g/mol. The molecule has 2 aromatic rings. The lowest BCUT2D eigenvalue weighted by molar-refractivity contribution is -0.138. The normalized spacial score (nSPS) is 12.1. The number of aromatic nitrogens is 2. The first-order valence-corrected chi connectivity index (χ1v) is 5.94. The van der Waals surface area contributed by atoms with Crippen molar-refractivity contribution in [2.75, 3.05) is 0 Å². The van der Waals surface area contributed by atoms with Gasteiger partial charge in [0, 0.05) is 16.2 Å². The smallest absolute Gasteiger partial charge is 0.328 e. The Balaban J connectivity index is 2.41. The number of rotatable bonds is 3. The van der Waals surface area contributed by atoms with Crippen molar-refractivity contribution in [2.24, 2.45) is 5.73 Å². The van der Waals surface area contributed by atoms with Crippen molar-refractivity contribution in [3.8, 4) is 11.3 Å². The molecule has 0 saturated heterocycles. The third-order valence-corrected chi connectivity index (χ3v) is 2.83. The Morgan fingerprint density at radius 3 is 2.83 bits per heavy atom. The first-order valence-electron chi connectivity index (χ1n) is 5.15. The van der Waals surface area contributed by atoms with Gasteiger partial charge in [0.05, 0.1) is 5.69 Å². The molecule has 18 heavy (non-hydrogen) atoms. The van der Waals surface area contributed by atoms with Crippen molar-refractivity contribution < 1.29 is 9.90 Å². The average Bonchev–Trinajstić information content (AvgIpc) is 2.38. The van der Waals surface area contributed by atoms with E-state index in [1.807, 2.05) is 24.3 Å². The van der Waals surface area contributed by atoms with Gasteiger partial charge in [-0.05, 0) is 18.2 Å². The molecule has 1 heterocycles. The summed E-state index contributed by atoms with van der Waals surface area (Å²) in [5.74, 6) is -1.05. The molecule has 0 aliphatic heterocycles. The Morgan fingerprint density at radius 2 is 2.17 bits per heavy atom. The molecular weight excluding hydrogens is 298 g/mol. The van der Waals surface area contributed by atoms with Crippen LogP contribution in [0.5, 0.6) is 0 Å². The monoisotopic (exact) mass is 307 g/mol. The van der Waals surface area contributed by atoms with Gasteiger partial charge in [-0.2, -0.15) is 0 Å². The van der Waals surface area contributed by atoms with Gasteiger partial charge in [-0.15, -0.1) is 0 Å². The first-order chi connectivity index (χ1) is 8.58. The van der Waals surface area contributed by atoms with Crippen molar-refractivity contribution in [1.82, 2.24) is 9.97 Å². The molecule has 1 aromatic carbocycles. The van der Waals surface area contributed by atoms with Crippen LogP contribution in [0.15, 0.2) is 41.0 Å². The second-order valence-electron chi connectivity index (χ2n) is 3.63. The summed E-state index contributed by atoms with van der Waals surface area (Å²) in [6.45, 7) is 0. The summed E-state index contributed by atoms with van der Waals surface area (Å²) >= 11 is 3.37. The highest BCUT2D eigenvalue weighted by atomic mass is 79.9. The molecule has 6 heteroatoms. The van der Waals surface area contributed by atoms with E-state index in [-0.39, 0.29) is 5.82 Å². The molecule has 0 amide bonds. The van der Waals surface area contributed by atoms with Crippen molar-refractivity contribution in [3.63, 3.8) is 0 Å². The molecule has 0 saturated carbocycles. The first kappa shape index (κ1) is 12.7. The van der Waals surface area contributed by atoms with Crippen LogP contribution in [0, 0.1) is 0 Å². The maximum absolute atomic E-state index is 10.8. The molecule has 92 valence electrons. The molecule has 3 N–H and O–H groups in total. The maximum atomic E-state index is 10.8. The second kappa shape index (κ2) is 5.24. The van der Waals surface area contributed by atoms with Gasteiger partial charge in [-0.3, -0.25) is 4.79 Å². The van der Waals surface area contributed by atoms with E-state index < -0.39 is 12.0 Å². The van der Waals surface area contributed by atoms with Crippen molar-refractivity contribution in [1.29, 1.82) is 0 Å². The summed E-state index contributed by atoms with van der Waals surface area (Å²) < 4.78 is 0.919. The van der Waals surface area contributed by atoms with Gasteiger partial charge >= 0.3 is 5.97 Å². The number of carboxylic acids is 1. The molecule has 5 nitrogen and oxygen atoms in total. The van der Waals surface area contributed by atoms with Crippen LogP contribution in [0.3, 0.4) is 0 Å². The van der Waals surface area contributed by atoms with E-state index in [0.29, 0.717) is 5.69 Å². The lowest BCUT2D eigenvalue weighted by Gasteiger charge is -2.07. The maximum Gasteiger partial charge on any atom is 0.328 e. The molecule has 0 radical (unpaired) electrons. The third-order valence-electron chi connectivity index (χ3n) is 2.34. The minimum atomic E-state index is -1.21. The summed E-state index contributed by atoms with van der Waals surface area (Å²) in [6, 6.07) is 8.03. The van der Waals surface area contributed by atoms with Crippen LogP contribution in [-0.4, -0.2) is 21.0 Å². The largest absolute Gasteiger partial charge is 0.480 e. The van der Waals surface area contributed by atoms with Gasteiger partial charge in [-0.25, -0.2) is 9.97 Å². The molecular formula is C12H10BrN3O2. The summed E-state index contributed by atoms with van der Waals surface area (Å²) in [5.41, 5.74) is 6.98. The van der Waals surface area contributed by atoms with Crippen LogP contribution in [0.4, 0.5) is 0 Å². The molecule has 1 unspecified atom stereocenters. The number of carbonyl (C=O) groups is 1. The van der Waals surface area contributed by atoms with Crippen LogP contribution >= 0.6 is 15.9 Å². The highest BCUT2D eigenvalue weighted by molar-refractivity contribution is 9.10. The van der Waals surface area contributed by atoms with Gasteiger partial charge in [-0.1, -0.05) is 28.1 Å². The SMILES string of the molecule is NC(C(=O)O)c1nccc(-c2cccc(Br)c2)n1. The quantitative estimate of drug-likeness (QED) is 0.905. The summed E-state index contributed by atoms with van der Waals surface area (Å²) in [5, 5.41) is 8.83. The summed E-state index contributed by atoms with van der Waals surface area (Å²) in [7, 11) is 0. The van der Waals surface area contributed by atoms with Crippen LogP contribution in [0.1, 0.15) is 11.9 Å². The Labute approximate surface area is 112 Å². The molecule has 0 fully saturated rings. The third kappa shape index (κ3) is 2.72. The number of halogens is 1. The highest BCUT2D eigenvalue weighted by Crippen LogP contribution is 2.21. The van der Waals surface area contributed by atoms with E-state index in [2.05, 4.69) is 25.9 Å². The fourth-order valence-electron chi connectivity index (χ4n) is 1.44. The number of hydrogen-bond acceptors (Lipinski definition) is 4. The van der Waals surface area contributed by atoms with E-state index >= 15 is 0 Å². The van der Waals surface area contributed by atoms with Gasteiger partial charge in [0.15, 0.2) is 11.9 Å². The molecule has 0 bridgehead atoms. The van der Waals surface area contributed by atoms with Crippen LogP contribution in [0.25, 0.3) is 11.3 Å². The lowest BCUT2D eigenvalue weighted by Crippen LogP contribution is -2.23. The molecule has 1 atom stereocenters. The van der Waals surface area contributed by atoms with E-state index in [1.54, 1.807) is 6.07 Å². The fraction of sp³-hybridized carbons (Fsp3) is 0.0833. The molecule has 0 aliphatic rings. The number of carboxylic acid groups (broad SMARTS) is 1. The van der Waals surface area contributed by atoms with Gasteiger partial charge in [0.25, 0.3) is 0 Å². The topological polar surface area (TPSA) is 89.1 Å². The van der Waals surface area contributed by atoms with E-state index in [9.17, 15) is 4.79 Å². The number of aliphatic carboxylic acids is 1. The van der Waals surface area contributed by atoms with E-state index in [0.717, 1.165) is 10.0 Å². The number of nitrogens with two attached hydrogens (primary N) is 1. The zero-order valence-corrected chi connectivity index (χ0v) is 10.8. The van der Waals surface area contributed by atoms with Crippen LogP contribution < -0.4 is 5.73 Å². The highest BCUT2D eigenvalue weighted by Gasteiger charge is 2.17. The van der Waals surface area contributed by atoms with Crippen LogP contribution in [0.2, 0.25) is 0 Å². The number of benzene rings is 1. The Morgan fingerprint density at radius 1 is 1.39 bits per heavy atom. The molecule has 2 rings (SSSR count). The Bertz CT molecular complexity index is 589. The van der Waals surface area contributed by atoms with Gasteiger partial charge in [0.2, 0.25) is 0 Å². The minimum Gasteiger partial charge on any atom is -0.480 e. The summed E-state index contributed by atoms with van der Waals surface area (Å²) in [4.78, 5) is 18.8. The number of nitrogens with zero attached hydrogens (tertiary/aromatic N) is 2. The lowest BCUT2D eigenvalue weighted by atomic mass is 10.1. The van der Waals surface area contributed by atoms with Crippen molar-refractivity contribution >= 4 is 21.9 Å². The molecule has 0 aliphatic carbocycles. The van der Waals surface area contributed by atoms with Crippen molar-refractivity contribution in [2.45, 2.75) is 6.04 Å². The minimum absolute atomic E-state index is 0.0972. The second-order valence-corrected chi connectivity index (χ2v) is 4.54. The predicted octanol–water partition coefficient (Wildman–Crippen LogP) is 1.99. The van der Waals surface area contributed by atoms with E-state index in [4.69, 9.17) is 10.8 Å². The number of hydrogen-bond donors (Lipinski definition) is 2. The zero-order valence-electron chi connectivity index (χ0n) is 9.25. The fourth-order valence-corrected chi connectivity index (χ4v) is 1.84. The Kier molecular flexibility index (Phi) is 3.69. The standard InChI is InChI=1S/C12H10BrN3O2/c13-8-3-1-2-7(6-8)9-4-5-15-11(16-9)10(14)12(17)18/h1-6,10H,14H2,(H,17,18). The zero-order chi connectivity index (χ0) is 13.1. The molecule has 1 aromatic heterocycles. The Hall–Kier alpha value is -1.79. The van der Waals surface area contributed by atoms with Gasteiger partial charge < -0.3 is 10.8 Å². The van der Waals surface area contributed by atoms with Gasteiger partial charge in [0.1, 0.15) is 0 Å². The van der Waals surface area contributed by atoms with E-state index in [1.165, 1.54) is 6.20 Å². The molecule has 0 spiro atoms. The van der Waals surface area contributed by atoms with Crippen LogP contribution in [-0.2, 0) is 4.79 Å². The predicted molar refractivity (Wildman–Crippen MR) is 69.7 cm³/mol. The van der Waals surface area contributed by atoms with Crippen molar-refractivity contribution in [3.05, 3.63) is 46.8 Å². The summed E-state index contributed by atoms with van der Waals surface area (Å²) in [6.07, 6.45) is 1.50.